The predicted octanol–water partition coefficient (Wildman–Crippen LogP) is 3.34. The molecule has 0 aliphatic heterocycles. The van der Waals surface area contributed by atoms with Crippen LogP contribution in [0.4, 0.5) is 13.2 Å². The van der Waals surface area contributed by atoms with E-state index in [1.54, 1.807) is 0 Å². The number of rotatable bonds is 4. The molecule has 0 aliphatic rings. The van der Waals surface area contributed by atoms with Gasteiger partial charge in [0.1, 0.15) is 5.71 Å². The highest BCUT2D eigenvalue weighted by Gasteiger charge is 2.32. The van der Waals surface area contributed by atoms with E-state index in [1.165, 1.54) is 13.8 Å². The van der Waals surface area contributed by atoms with E-state index in [1.807, 2.05) is 0 Å². The number of amidine groups is 2. The van der Waals surface area contributed by atoms with Crippen LogP contribution in [-0.4, -0.2) is 40.5 Å². The third-order valence-corrected chi connectivity index (χ3v) is 2.49. The number of oxime groups is 1. The smallest absolute Gasteiger partial charge is 0.411 e. The number of nitrogens with zero attached hydrogens (tertiary/aromatic N) is 3. The number of hydrazone groups is 1. The second-order valence-electron chi connectivity index (χ2n) is 3.57. The van der Waals surface area contributed by atoms with Crippen LogP contribution in [0, 0.1) is 10.8 Å². The lowest BCUT2D eigenvalue weighted by Gasteiger charge is -2.18. The molecule has 21 heavy (non-hydrogen) atoms. The number of hydrogen-bond acceptors (Lipinski definition) is 5. The first-order chi connectivity index (χ1) is 9.59. The van der Waals surface area contributed by atoms with Crippen molar-refractivity contribution < 1.29 is 18.4 Å². The van der Waals surface area contributed by atoms with Gasteiger partial charge in [-0.25, -0.2) is 0 Å². The Morgan fingerprint density at radius 2 is 1.86 bits per heavy atom. The van der Waals surface area contributed by atoms with Crippen molar-refractivity contribution in [1.29, 1.82) is 10.8 Å². The van der Waals surface area contributed by atoms with Crippen LogP contribution in [0.3, 0.4) is 0 Å². The second-order valence-corrected chi connectivity index (χ2v) is 3.98. The topological polar surface area (TPSA) is 95.9 Å². The number of alkyl halides is 3. The van der Waals surface area contributed by atoms with E-state index in [9.17, 15) is 13.2 Å². The zero-order valence-electron chi connectivity index (χ0n) is 11.2. The van der Waals surface area contributed by atoms with Gasteiger partial charge in [0.2, 0.25) is 0 Å². The first-order valence-corrected chi connectivity index (χ1v) is 5.71. The highest BCUT2D eigenvalue weighted by atomic mass is 35.5. The molecule has 0 bridgehead atoms. The zero-order chi connectivity index (χ0) is 16.8. The highest BCUT2D eigenvalue weighted by Crippen LogP contribution is 2.28. The number of hydrogen-bond donors (Lipinski definition) is 3. The normalized spacial score (nSPS) is 13.9. The summed E-state index contributed by atoms with van der Waals surface area (Å²) in [5.41, 5.74) is -1.28. The first-order valence-electron chi connectivity index (χ1n) is 5.34. The van der Waals surface area contributed by atoms with Crippen LogP contribution in [0.2, 0.25) is 0 Å². The Hall–Kier alpha value is -2.16. The monoisotopic (exact) mass is 323 g/mol. The standard InChI is InChI=1S/C11H13ClF3N5O/c1-4-7(11(13,14)15)5-8(12)10(17)20(18-3)9(16)6(2)19-21/h4-5,16-17,21H,3H2,1-2H3/b7-4+,8-5+,16-9?,17-10?,19-6?. The summed E-state index contributed by atoms with van der Waals surface area (Å²) in [5, 5.41) is 29.7. The summed E-state index contributed by atoms with van der Waals surface area (Å²) in [7, 11) is 0. The molecule has 0 fully saturated rings. The van der Waals surface area contributed by atoms with Gasteiger partial charge >= 0.3 is 6.18 Å². The van der Waals surface area contributed by atoms with Crippen LogP contribution >= 0.6 is 11.6 Å². The third-order valence-electron chi connectivity index (χ3n) is 2.20. The van der Waals surface area contributed by atoms with Crippen molar-refractivity contribution in [3.05, 3.63) is 22.8 Å². The minimum Gasteiger partial charge on any atom is -0.411 e. The third kappa shape index (κ3) is 5.03. The lowest BCUT2D eigenvalue weighted by molar-refractivity contribution is -0.0883. The molecule has 0 rings (SSSR count). The summed E-state index contributed by atoms with van der Waals surface area (Å²) in [6.07, 6.45) is -3.31. The minimum atomic E-state index is -4.63. The Labute approximate surface area is 123 Å². The molecule has 0 amide bonds. The summed E-state index contributed by atoms with van der Waals surface area (Å²) in [6, 6.07) is 0. The van der Waals surface area contributed by atoms with E-state index in [-0.39, 0.29) is 5.71 Å². The average Bonchev–Trinajstić information content (AvgIpc) is 2.42. The van der Waals surface area contributed by atoms with Gasteiger partial charge in [-0.2, -0.15) is 23.3 Å². The van der Waals surface area contributed by atoms with Crippen LogP contribution in [0.25, 0.3) is 0 Å². The van der Waals surface area contributed by atoms with Crippen LogP contribution in [0.1, 0.15) is 13.8 Å². The molecule has 0 aromatic carbocycles. The number of nitrogens with one attached hydrogen (secondary N) is 2. The molecule has 0 unspecified atom stereocenters. The van der Waals surface area contributed by atoms with E-state index >= 15 is 0 Å². The SMILES string of the molecule is C=NN(C(=N)C(C)=NO)C(=N)/C(Cl)=C\C(=C/C)C(F)(F)F. The molecule has 6 nitrogen and oxygen atoms in total. The zero-order valence-corrected chi connectivity index (χ0v) is 11.9. The Morgan fingerprint density at radius 3 is 2.19 bits per heavy atom. The van der Waals surface area contributed by atoms with Gasteiger partial charge in [0, 0.05) is 6.72 Å². The van der Waals surface area contributed by atoms with Gasteiger partial charge in [-0.3, -0.25) is 10.8 Å². The maximum absolute atomic E-state index is 12.6. The van der Waals surface area contributed by atoms with Gasteiger partial charge in [-0.15, -0.1) is 0 Å². The van der Waals surface area contributed by atoms with Gasteiger partial charge in [-0.1, -0.05) is 22.8 Å². The molecule has 0 aromatic rings. The van der Waals surface area contributed by atoms with Gasteiger partial charge in [0.15, 0.2) is 11.7 Å². The van der Waals surface area contributed by atoms with Crippen molar-refractivity contribution in [3.8, 4) is 0 Å². The molecule has 0 aliphatic carbocycles. The Morgan fingerprint density at radius 1 is 1.33 bits per heavy atom. The molecule has 0 spiro atoms. The van der Waals surface area contributed by atoms with E-state index in [4.69, 9.17) is 27.6 Å². The number of halogens is 4. The van der Waals surface area contributed by atoms with Crippen LogP contribution in [0.5, 0.6) is 0 Å². The van der Waals surface area contributed by atoms with Gasteiger partial charge in [0.25, 0.3) is 0 Å². The number of allylic oxidation sites excluding steroid dienone is 3. The summed E-state index contributed by atoms with van der Waals surface area (Å²) >= 11 is 5.64. The Bertz CT molecular complexity index is 536. The first kappa shape index (κ1) is 18.8. The quantitative estimate of drug-likeness (QED) is 0.243. The van der Waals surface area contributed by atoms with E-state index in [2.05, 4.69) is 17.0 Å². The molecule has 116 valence electrons. The fourth-order valence-electron chi connectivity index (χ4n) is 1.09. The van der Waals surface area contributed by atoms with Crippen LogP contribution < -0.4 is 0 Å². The summed E-state index contributed by atoms with van der Waals surface area (Å²) in [4.78, 5) is 0. The maximum Gasteiger partial charge on any atom is 0.416 e. The average molecular weight is 324 g/mol. The summed E-state index contributed by atoms with van der Waals surface area (Å²) < 4.78 is 37.7. The maximum atomic E-state index is 12.6. The molecular weight excluding hydrogens is 311 g/mol. The summed E-state index contributed by atoms with van der Waals surface area (Å²) in [5.74, 6) is -1.28. The van der Waals surface area contributed by atoms with E-state index in [0.717, 1.165) is 6.08 Å². The molecular formula is C11H13ClF3N5O. The predicted molar refractivity (Wildman–Crippen MR) is 75.5 cm³/mol. The highest BCUT2D eigenvalue weighted by molar-refractivity contribution is 6.48. The van der Waals surface area contributed by atoms with E-state index in [0.29, 0.717) is 11.1 Å². The molecule has 10 heteroatoms. The van der Waals surface area contributed by atoms with Crippen LogP contribution in [-0.2, 0) is 0 Å². The van der Waals surface area contributed by atoms with Crippen molar-refractivity contribution in [2.45, 2.75) is 20.0 Å². The molecule has 3 N–H and O–H groups in total. The molecule has 0 heterocycles. The Kier molecular flexibility index (Phi) is 6.80. The minimum absolute atomic E-state index is 0.223. The fraction of sp³-hybridized carbons (Fsp3) is 0.273. The van der Waals surface area contributed by atoms with Crippen molar-refractivity contribution in [3.63, 3.8) is 0 Å². The molecule has 0 saturated carbocycles. The fourth-order valence-corrected chi connectivity index (χ4v) is 1.29. The molecule has 0 radical (unpaired) electrons. The van der Waals surface area contributed by atoms with Gasteiger partial charge in [-0.05, 0) is 19.9 Å². The molecule has 0 atom stereocenters. The Balaban J connectivity index is 5.50. The van der Waals surface area contributed by atoms with Crippen molar-refractivity contribution in [2.24, 2.45) is 10.3 Å². The van der Waals surface area contributed by atoms with Crippen molar-refractivity contribution in [1.82, 2.24) is 5.01 Å². The lowest BCUT2D eigenvalue weighted by atomic mass is 10.2. The van der Waals surface area contributed by atoms with Crippen molar-refractivity contribution in [2.75, 3.05) is 0 Å². The van der Waals surface area contributed by atoms with Crippen LogP contribution in [0.15, 0.2) is 33.0 Å². The largest absolute Gasteiger partial charge is 0.416 e. The lowest BCUT2D eigenvalue weighted by Crippen LogP contribution is -2.35. The second kappa shape index (κ2) is 7.58. The summed E-state index contributed by atoms with van der Waals surface area (Å²) in [6.45, 7) is 5.49. The van der Waals surface area contributed by atoms with Gasteiger partial charge in [0.05, 0.1) is 10.6 Å². The van der Waals surface area contributed by atoms with Crippen molar-refractivity contribution >= 4 is 35.7 Å². The molecule has 0 aromatic heterocycles. The molecule has 0 saturated heterocycles. The van der Waals surface area contributed by atoms with E-state index < -0.39 is 28.5 Å². The van der Waals surface area contributed by atoms with Gasteiger partial charge < -0.3 is 5.21 Å².